The van der Waals surface area contributed by atoms with Crippen LogP contribution in [-0.2, 0) is 14.6 Å². The molecule has 1 saturated heterocycles. The zero-order valence-corrected chi connectivity index (χ0v) is 16.0. The zero-order chi connectivity index (χ0) is 18.8. The van der Waals surface area contributed by atoms with Gasteiger partial charge in [-0.2, -0.15) is 0 Å². The van der Waals surface area contributed by atoms with Crippen LogP contribution in [0.2, 0.25) is 0 Å². The van der Waals surface area contributed by atoms with Crippen LogP contribution in [0.25, 0.3) is 0 Å². The van der Waals surface area contributed by atoms with Gasteiger partial charge in [-0.15, -0.1) is 0 Å². The topological polar surface area (TPSA) is 74.8 Å². The molecule has 0 unspecified atom stereocenters. The molecule has 0 aromatic heterocycles. The first-order valence-corrected chi connectivity index (χ1v) is 10.0. The summed E-state index contributed by atoms with van der Waals surface area (Å²) in [6.07, 6.45) is 1.47. The number of piperidine rings is 1. The molecule has 0 bridgehead atoms. The minimum absolute atomic E-state index is 0.000544. The number of likely N-dealkylation sites (tertiary alicyclic amines) is 1. The van der Waals surface area contributed by atoms with Gasteiger partial charge >= 0.3 is 0 Å². The second-order valence-electron chi connectivity index (χ2n) is 6.91. The van der Waals surface area contributed by atoms with E-state index in [1.165, 1.54) is 11.0 Å². The van der Waals surface area contributed by atoms with Crippen molar-refractivity contribution in [1.29, 1.82) is 0 Å². The molecular weight excluding hydrogens is 340 g/mol. The maximum absolute atomic E-state index is 13.0. The van der Waals surface area contributed by atoms with Crippen molar-refractivity contribution in [2.24, 2.45) is 5.92 Å². The van der Waals surface area contributed by atoms with Crippen LogP contribution in [0.3, 0.4) is 0 Å². The Balaban J connectivity index is 2.31. The third kappa shape index (κ3) is 4.03. The lowest BCUT2D eigenvalue weighted by Gasteiger charge is -2.33. The highest BCUT2D eigenvalue weighted by atomic mass is 32.2. The molecule has 0 radical (unpaired) electrons. The van der Waals surface area contributed by atoms with E-state index in [1.54, 1.807) is 51.0 Å². The number of carbonyl (C=O) groups is 2. The number of nitrogens with zero attached hydrogens (tertiary/aromatic N) is 2. The van der Waals surface area contributed by atoms with Gasteiger partial charge in [-0.05, 0) is 38.8 Å². The lowest BCUT2D eigenvalue weighted by atomic mass is 9.96. The fourth-order valence-corrected chi connectivity index (χ4v) is 4.28. The minimum atomic E-state index is -3.56. The summed E-state index contributed by atoms with van der Waals surface area (Å²) in [5.41, 5.74) is 0.189. The molecule has 0 saturated carbocycles. The molecule has 1 aromatic rings. The maximum Gasteiger partial charge on any atom is 0.255 e. The molecule has 138 valence electrons. The number of carbonyl (C=O) groups excluding carboxylic acids is 2. The first kappa shape index (κ1) is 19.4. The quantitative estimate of drug-likeness (QED) is 0.814. The third-order valence-electron chi connectivity index (χ3n) is 4.54. The molecule has 1 aromatic carbocycles. The average molecular weight is 366 g/mol. The van der Waals surface area contributed by atoms with Gasteiger partial charge in [0, 0.05) is 27.2 Å². The van der Waals surface area contributed by atoms with Crippen LogP contribution in [0.5, 0.6) is 0 Å². The smallest absolute Gasteiger partial charge is 0.255 e. The fraction of sp³-hybridized carbons (Fsp3) is 0.556. The molecule has 1 aliphatic heterocycles. The Kier molecular flexibility index (Phi) is 5.87. The molecule has 1 atom stereocenters. The maximum atomic E-state index is 13.0. The van der Waals surface area contributed by atoms with E-state index in [9.17, 15) is 18.0 Å². The van der Waals surface area contributed by atoms with Crippen LogP contribution in [0, 0.1) is 5.92 Å². The highest BCUT2D eigenvalue weighted by Crippen LogP contribution is 2.25. The fourth-order valence-electron chi connectivity index (χ4n) is 3.04. The molecule has 2 rings (SSSR count). The van der Waals surface area contributed by atoms with Crippen LogP contribution < -0.4 is 0 Å². The molecule has 2 amide bonds. The van der Waals surface area contributed by atoms with Gasteiger partial charge in [-0.3, -0.25) is 9.59 Å². The van der Waals surface area contributed by atoms with Gasteiger partial charge in [-0.1, -0.05) is 12.1 Å². The van der Waals surface area contributed by atoms with Crippen LogP contribution in [-0.4, -0.2) is 62.5 Å². The standard InChI is InChI=1S/C18H26N2O4S/c1-13(2)25(23,24)16-10-6-5-9-15(16)18(22)20-11-7-8-14(12-20)17(21)19(3)4/h5-6,9-10,13-14H,7-8,11-12H2,1-4H3/t14-/m0/s1. The number of amides is 2. The van der Waals surface area contributed by atoms with E-state index in [2.05, 4.69) is 0 Å². The summed E-state index contributed by atoms with van der Waals surface area (Å²) in [5, 5.41) is -0.606. The molecule has 1 fully saturated rings. The summed E-state index contributed by atoms with van der Waals surface area (Å²) in [6, 6.07) is 6.32. The second kappa shape index (κ2) is 7.56. The molecular formula is C18H26N2O4S. The van der Waals surface area contributed by atoms with Crippen LogP contribution >= 0.6 is 0 Å². The van der Waals surface area contributed by atoms with Gasteiger partial charge in [0.05, 0.1) is 21.6 Å². The van der Waals surface area contributed by atoms with Gasteiger partial charge in [0.15, 0.2) is 9.84 Å². The highest BCUT2D eigenvalue weighted by molar-refractivity contribution is 7.92. The van der Waals surface area contributed by atoms with Gasteiger partial charge in [0.2, 0.25) is 5.91 Å². The van der Waals surface area contributed by atoms with Gasteiger partial charge < -0.3 is 9.80 Å². The number of hydrogen-bond acceptors (Lipinski definition) is 4. The zero-order valence-electron chi connectivity index (χ0n) is 15.2. The number of benzene rings is 1. The molecule has 0 N–H and O–H groups in total. The third-order valence-corrected chi connectivity index (χ3v) is 6.75. The normalized spacial score (nSPS) is 18.3. The monoisotopic (exact) mass is 366 g/mol. The molecule has 0 spiro atoms. The van der Waals surface area contributed by atoms with Crippen molar-refractivity contribution in [3.05, 3.63) is 29.8 Å². The van der Waals surface area contributed by atoms with E-state index in [4.69, 9.17) is 0 Å². The summed E-state index contributed by atoms with van der Waals surface area (Å²) in [6.45, 7) is 4.06. The van der Waals surface area contributed by atoms with Gasteiger partial charge in [0.1, 0.15) is 0 Å². The minimum Gasteiger partial charge on any atom is -0.349 e. The number of sulfone groups is 1. The van der Waals surface area contributed by atoms with E-state index in [1.807, 2.05) is 0 Å². The molecule has 0 aliphatic carbocycles. The average Bonchev–Trinajstić information content (AvgIpc) is 2.60. The van der Waals surface area contributed by atoms with Crippen LogP contribution in [0.15, 0.2) is 29.2 Å². The Morgan fingerprint density at radius 3 is 2.44 bits per heavy atom. The summed E-state index contributed by atoms with van der Waals surface area (Å²) < 4.78 is 25.1. The van der Waals surface area contributed by atoms with E-state index >= 15 is 0 Å². The number of rotatable bonds is 4. The van der Waals surface area contributed by atoms with E-state index in [-0.39, 0.29) is 28.2 Å². The molecule has 25 heavy (non-hydrogen) atoms. The van der Waals surface area contributed by atoms with Crippen molar-refractivity contribution in [2.75, 3.05) is 27.2 Å². The Hall–Kier alpha value is -1.89. The molecule has 6 nitrogen and oxygen atoms in total. The van der Waals surface area contributed by atoms with Crippen molar-refractivity contribution >= 4 is 21.7 Å². The first-order chi connectivity index (χ1) is 11.7. The Morgan fingerprint density at radius 2 is 1.84 bits per heavy atom. The van der Waals surface area contributed by atoms with Gasteiger partial charge in [-0.25, -0.2) is 8.42 Å². The highest BCUT2D eigenvalue weighted by Gasteiger charge is 2.32. The Bertz CT molecular complexity index is 756. The second-order valence-corrected chi connectivity index (χ2v) is 9.39. The molecule has 7 heteroatoms. The summed E-state index contributed by atoms with van der Waals surface area (Å²) in [5.74, 6) is -0.557. The van der Waals surface area contributed by atoms with Gasteiger partial charge in [0.25, 0.3) is 5.91 Å². The predicted molar refractivity (Wildman–Crippen MR) is 96.1 cm³/mol. The first-order valence-electron chi connectivity index (χ1n) is 8.49. The van der Waals surface area contributed by atoms with Crippen LogP contribution in [0.1, 0.15) is 37.0 Å². The summed E-state index contributed by atoms with van der Waals surface area (Å²) in [7, 11) is -0.153. The van der Waals surface area contributed by atoms with Crippen molar-refractivity contribution in [2.45, 2.75) is 36.8 Å². The lowest BCUT2D eigenvalue weighted by Crippen LogP contribution is -2.45. The van der Waals surface area contributed by atoms with E-state index in [0.29, 0.717) is 13.1 Å². The Labute approximate surface area is 149 Å². The predicted octanol–water partition coefficient (Wildman–Crippen LogP) is 1.81. The van der Waals surface area contributed by atoms with E-state index < -0.39 is 15.1 Å². The molecule has 1 heterocycles. The SMILES string of the molecule is CC(C)S(=O)(=O)c1ccccc1C(=O)N1CCC[C@H](C(=O)N(C)C)C1. The largest absolute Gasteiger partial charge is 0.349 e. The van der Waals surface area contributed by atoms with Crippen molar-refractivity contribution in [1.82, 2.24) is 9.80 Å². The van der Waals surface area contributed by atoms with Crippen molar-refractivity contribution in [3.63, 3.8) is 0 Å². The van der Waals surface area contributed by atoms with Crippen molar-refractivity contribution in [3.8, 4) is 0 Å². The molecule has 1 aliphatic rings. The summed E-state index contributed by atoms with van der Waals surface area (Å²) in [4.78, 5) is 28.4. The number of hydrogen-bond donors (Lipinski definition) is 0. The summed E-state index contributed by atoms with van der Waals surface area (Å²) >= 11 is 0. The Morgan fingerprint density at radius 1 is 1.20 bits per heavy atom. The lowest BCUT2D eigenvalue weighted by molar-refractivity contribution is -0.134. The van der Waals surface area contributed by atoms with Crippen molar-refractivity contribution < 1.29 is 18.0 Å². The van der Waals surface area contributed by atoms with Crippen LogP contribution in [0.4, 0.5) is 0 Å². The van der Waals surface area contributed by atoms with E-state index in [0.717, 1.165) is 12.8 Å².